The van der Waals surface area contributed by atoms with E-state index in [1.165, 1.54) is 0 Å². The van der Waals surface area contributed by atoms with Gasteiger partial charge in [-0.3, -0.25) is 14.4 Å². The first-order chi connectivity index (χ1) is 14.5. The van der Waals surface area contributed by atoms with Crippen LogP contribution in [0.3, 0.4) is 0 Å². The van der Waals surface area contributed by atoms with Crippen molar-refractivity contribution in [1.82, 2.24) is 16.0 Å². The second-order valence-electron chi connectivity index (χ2n) is 8.26. The summed E-state index contributed by atoms with van der Waals surface area (Å²) in [5.41, 5.74) is 6.45. The molecule has 0 fully saturated rings. The number of alkyl carbamates (subject to hydrolysis) is 1. The molecule has 4 amide bonds. The average molecular weight is 435 g/mol. The van der Waals surface area contributed by atoms with Crippen LogP contribution in [0.15, 0.2) is 24.3 Å². The Morgan fingerprint density at radius 3 is 2.19 bits per heavy atom. The summed E-state index contributed by atoms with van der Waals surface area (Å²) in [7, 11) is 1.62. The van der Waals surface area contributed by atoms with Gasteiger partial charge in [0, 0.05) is 26.4 Å². The van der Waals surface area contributed by atoms with Crippen LogP contribution in [0.2, 0.25) is 0 Å². The zero-order valence-electron chi connectivity index (χ0n) is 18.7. The molecular formula is C22H34N4O5. The number of benzene rings is 1. The van der Waals surface area contributed by atoms with E-state index in [1.54, 1.807) is 27.8 Å². The summed E-state index contributed by atoms with van der Waals surface area (Å²) < 4.78 is 5.18. The molecule has 0 aliphatic carbocycles. The number of rotatable bonds is 11. The van der Waals surface area contributed by atoms with Crippen molar-refractivity contribution in [2.75, 3.05) is 7.05 Å². The van der Waals surface area contributed by atoms with E-state index in [0.29, 0.717) is 6.42 Å². The Bertz CT molecular complexity index is 756. The van der Waals surface area contributed by atoms with Gasteiger partial charge in [-0.25, -0.2) is 4.79 Å². The van der Waals surface area contributed by atoms with Crippen LogP contribution in [0.1, 0.15) is 57.6 Å². The number of hydrogen-bond donors (Lipinski definition) is 4. The fourth-order valence-electron chi connectivity index (χ4n) is 2.72. The Kier molecular flexibility index (Phi) is 10.5. The molecule has 0 heterocycles. The Hall–Kier alpha value is -3.10. The highest BCUT2D eigenvalue weighted by Crippen LogP contribution is 2.10. The highest BCUT2D eigenvalue weighted by atomic mass is 16.6. The molecule has 0 saturated heterocycles. The molecule has 0 saturated carbocycles. The second kappa shape index (κ2) is 12.6. The number of nitrogens with one attached hydrogen (secondary N) is 3. The summed E-state index contributed by atoms with van der Waals surface area (Å²) in [5.74, 6) is -0.970. The molecule has 1 atom stereocenters. The number of carbonyl (C=O) groups is 4. The molecule has 0 aliphatic heterocycles. The van der Waals surface area contributed by atoms with Crippen molar-refractivity contribution in [3.63, 3.8) is 0 Å². The van der Waals surface area contributed by atoms with E-state index in [2.05, 4.69) is 16.0 Å². The van der Waals surface area contributed by atoms with E-state index < -0.39 is 29.6 Å². The quantitative estimate of drug-likeness (QED) is 0.418. The first kappa shape index (κ1) is 25.9. The van der Waals surface area contributed by atoms with Gasteiger partial charge in [-0.2, -0.15) is 0 Å². The summed E-state index contributed by atoms with van der Waals surface area (Å²) in [6, 6.07) is 6.76. The normalized spacial score (nSPS) is 11.9. The van der Waals surface area contributed by atoms with Crippen molar-refractivity contribution in [3.05, 3.63) is 35.4 Å². The molecule has 5 N–H and O–H groups in total. The first-order valence-corrected chi connectivity index (χ1v) is 10.3. The third-order valence-corrected chi connectivity index (χ3v) is 4.32. The molecule has 172 valence electrons. The smallest absolute Gasteiger partial charge is 0.408 e. The zero-order chi connectivity index (χ0) is 23.4. The van der Waals surface area contributed by atoms with Gasteiger partial charge < -0.3 is 26.4 Å². The number of hydrogen-bond acceptors (Lipinski definition) is 5. The van der Waals surface area contributed by atoms with Crippen LogP contribution < -0.4 is 21.7 Å². The summed E-state index contributed by atoms with van der Waals surface area (Å²) in [6.07, 6.45) is 1.32. The third-order valence-electron chi connectivity index (χ3n) is 4.32. The predicted octanol–water partition coefficient (Wildman–Crippen LogP) is 1.53. The molecule has 0 spiro atoms. The van der Waals surface area contributed by atoms with Gasteiger partial charge in [0.15, 0.2) is 0 Å². The zero-order valence-corrected chi connectivity index (χ0v) is 18.7. The number of aryl methyl sites for hydroxylation is 1. The number of amides is 4. The summed E-state index contributed by atoms with van der Waals surface area (Å²) in [5, 5.41) is 7.86. The molecule has 31 heavy (non-hydrogen) atoms. The Balaban J connectivity index is 2.60. The highest BCUT2D eigenvalue weighted by Gasteiger charge is 2.24. The molecule has 0 radical (unpaired) electrons. The third kappa shape index (κ3) is 11.6. The number of primary amides is 1. The van der Waals surface area contributed by atoms with Crippen LogP contribution in [0.5, 0.6) is 0 Å². The van der Waals surface area contributed by atoms with Crippen molar-refractivity contribution in [2.45, 2.75) is 71.1 Å². The highest BCUT2D eigenvalue weighted by molar-refractivity contribution is 5.86. The summed E-state index contributed by atoms with van der Waals surface area (Å²) >= 11 is 0. The van der Waals surface area contributed by atoms with E-state index >= 15 is 0 Å². The molecule has 0 unspecified atom stereocenters. The molecule has 1 aromatic carbocycles. The van der Waals surface area contributed by atoms with Crippen molar-refractivity contribution in [1.29, 1.82) is 0 Å². The molecule has 9 nitrogen and oxygen atoms in total. The van der Waals surface area contributed by atoms with E-state index in [1.807, 2.05) is 24.3 Å². The minimum atomic E-state index is -0.939. The lowest BCUT2D eigenvalue weighted by Gasteiger charge is -2.23. The molecule has 0 aliphatic rings. The molecule has 0 aromatic heterocycles. The van der Waals surface area contributed by atoms with E-state index in [4.69, 9.17) is 10.5 Å². The number of ether oxygens (including phenoxy) is 1. The molecule has 1 rings (SSSR count). The monoisotopic (exact) mass is 434 g/mol. The standard InChI is InChI=1S/C22H34N4O5/c1-22(2,3)31-21(30)26-17(12-13-18(23)27)20(29)25-14-16-10-8-15(9-11-16)6-5-7-19(28)24-4/h8-11,17H,5-7,12-14H2,1-4H3,(H2,23,27)(H,24,28)(H,25,29)(H,26,30)/t17-/m0/s1. The van der Waals surface area contributed by atoms with Crippen LogP contribution >= 0.6 is 0 Å². The fraction of sp³-hybridized carbons (Fsp3) is 0.545. The minimum Gasteiger partial charge on any atom is -0.444 e. The average Bonchev–Trinajstić information content (AvgIpc) is 2.68. The van der Waals surface area contributed by atoms with Crippen LogP contribution in [0.25, 0.3) is 0 Å². The van der Waals surface area contributed by atoms with Gasteiger partial charge in [0.1, 0.15) is 11.6 Å². The minimum absolute atomic E-state index is 0.0187. The molecule has 9 heteroatoms. The maximum Gasteiger partial charge on any atom is 0.408 e. The van der Waals surface area contributed by atoms with Crippen LogP contribution in [0, 0.1) is 0 Å². The van der Waals surface area contributed by atoms with Crippen molar-refractivity contribution >= 4 is 23.8 Å². The molecule has 1 aromatic rings. The lowest BCUT2D eigenvalue weighted by molar-refractivity contribution is -0.124. The van der Waals surface area contributed by atoms with Crippen molar-refractivity contribution in [3.8, 4) is 0 Å². The lowest BCUT2D eigenvalue weighted by Crippen LogP contribution is -2.48. The topological polar surface area (TPSA) is 140 Å². The van der Waals surface area contributed by atoms with Gasteiger partial charge in [0.2, 0.25) is 17.7 Å². The second-order valence-corrected chi connectivity index (χ2v) is 8.26. The van der Waals surface area contributed by atoms with Gasteiger partial charge >= 0.3 is 6.09 Å². The predicted molar refractivity (Wildman–Crippen MR) is 117 cm³/mol. The van der Waals surface area contributed by atoms with Crippen molar-refractivity contribution < 1.29 is 23.9 Å². The maximum atomic E-state index is 12.6. The maximum absolute atomic E-state index is 12.6. The van der Waals surface area contributed by atoms with E-state index in [9.17, 15) is 19.2 Å². The molecular weight excluding hydrogens is 400 g/mol. The Morgan fingerprint density at radius 1 is 1.03 bits per heavy atom. The fourth-order valence-corrected chi connectivity index (χ4v) is 2.72. The van der Waals surface area contributed by atoms with Gasteiger partial charge in [-0.05, 0) is 51.2 Å². The largest absolute Gasteiger partial charge is 0.444 e. The lowest BCUT2D eigenvalue weighted by atomic mass is 10.1. The van der Waals surface area contributed by atoms with Gasteiger partial charge in [-0.15, -0.1) is 0 Å². The number of carbonyl (C=O) groups excluding carboxylic acids is 4. The number of nitrogens with two attached hydrogens (primary N) is 1. The summed E-state index contributed by atoms with van der Waals surface area (Å²) in [4.78, 5) is 47.0. The van der Waals surface area contributed by atoms with E-state index in [0.717, 1.165) is 24.0 Å². The molecule has 0 bridgehead atoms. The first-order valence-electron chi connectivity index (χ1n) is 10.3. The van der Waals surface area contributed by atoms with Gasteiger partial charge in [0.25, 0.3) is 0 Å². The SMILES string of the molecule is CNC(=O)CCCc1ccc(CNC(=O)[C@H](CCC(N)=O)NC(=O)OC(C)(C)C)cc1. The summed E-state index contributed by atoms with van der Waals surface area (Å²) in [6.45, 7) is 5.41. The van der Waals surface area contributed by atoms with E-state index in [-0.39, 0.29) is 25.3 Å². The van der Waals surface area contributed by atoms with Gasteiger partial charge in [0.05, 0.1) is 0 Å². The van der Waals surface area contributed by atoms with Crippen LogP contribution in [-0.2, 0) is 32.1 Å². The Labute approximate surface area is 183 Å². The Morgan fingerprint density at radius 2 is 1.65 bits per heavy atom. The van der Waals surface area contributed by atoms with Crippen LogP contribution in [0.4, 0.5) is 4.79 Å². The van der Waals surface area contributed by atoms with Gasteiger partial charge in [-0.1, -0.05) is 24.3 Å². The van der Waals surface area contributed by atoms with Crippen molar-refractivity contribution in [2.24, 2.45) is 5.73 Å². The van der Waals surface area contributed by atoms with Crippen LogP contribution in [-0.4, -0.2) is 42.5 Å².